The molecule has 3 rings (SSSR count). The second kappa shape index (κ2) is 5.61. The highest BCUT2D eigenvalue weighted by atomic mass is 32.2. The summed E-state index contributed by atoms with van der Waals surface area (Å²) in [7, 11) is -1.23. The minimum Gasteiger partial charge on any atom is -0.330 e. The normalized spacial score (nSPS) is 12.3. The third-order valence-corrected chi connectivity index (χ3v) is 3.85. The van der Waals surface area contributed by atoms with Crippen molar-refractivity contribution in [3.63, 3.8) is 0 Å². The molecule has 0 spiro atoms. The van der Waals surface area contributed by atoms with E-state index in [4.69, 9.17) is 0 Å². The third-order valence-electron chi connectivity index (χ3n) is 3.11. The fraction of sp³-hybridized carbons (Fsp3) is 0.0625. The lowest BCUT2D eigenvalue weighted by Crippen LogP contribution is -1.89. The molecule has 0 radical (unpaired) electrons. The quantitative estimate of drug-likeness (QED) is 0.803. The summed E-state index contributed by atoms with van der Waals surface area (Å²) in [5.74, 6) is -0.325. The fourth-order valence-corrected chi connectivity index (χ4v) is 2.61. The van der Waals surface area contributed by atoms with Gasteiger partial charge >= 0.3 is 0 Å². The Bertz CT molecular complexity index is 799. The van der Waals surface area contributed by atoms with E-state index >= 15 is 0 Å². The fourth-order valence-electron chi connectivity index (χ4n) is 2.15. The molecular formula is C16H13FN2OS. The summed E-state index contributed by atoms with van der Waals surface area (Å²) < 4.78 is 25.1. The van der Waals surface area contributed by atoms with E-state index in [1.54, 1.807) is 18.4 Å². The minimum absolute atomic E-state index is 0.325. The zero-order valence-electron chi connectivity index (χ0n) is 11.3. The first-order chi connectivity index (χ1) is 10.1. The molecule has 0 aliphatic heterocycles. The van der Waals surface area contributed by atoms with Crippen LogP contribution in [-0.4, -0.2) is 20.4 Å². The molecule has 21 heavy (non-hydrogen) atoms. The molecule has 0 aliphatic carbocycles. The Balaban J connectivity index is 2.21. The number of aromatic nitrogens is 2. The first kappa shape index (κ1) is 13.7. The van der Waals surface area contributed by atoms with Gasteiger partial charge in [0.1, 0.15) is 5.82 Å². The lowest BCUT2D eigenvalue weighted by atomic mass is 10.1. The Morgan fingerprint density at radius 1 is 1.05 bits per heavy atom. The molecule has 1 heterocycles. The van der Waals surface area contributed by atoms with Gasteiger partial charge in [0.2, 0.25) is 0 Å². The van der Waals surface area contributed by atoms with Gasteiger partial charge in [0.15, 0.2) is 5.16 Å². The van der Waals surface area contributed by atoms with Crippen molar-refractivity contribution < 1.29 is 8.60 Å². The van der Waals surface area contributed by atoms with Crippen molar-refractivity contribution in [1.82, 2.24) is 9.97 Å². The molecule has 0 saturated carbocycles. The lowest BCUT2D eigenvalue weighted by Gasteiger charge is -2.03. The standard InChI is InChI=1S/C16H13FN2OS/c1-21(20)16-18-14(11-6-3-2-4-7-11)15(19-16)12-8-5-9-13(17)10-12/h2-10H,1H3,(H,18,19)/t21-/m1/s1. The van der Waals surface area contributed by atoms with Crippen molar-refractivity contribution >= 4 is 10.8 Å². The van der Waals surface area contributed by atoms with Crippen LogP contribution in [0.5, 0.6) is 0 Å². The molecular weight excluding hydrogens is 287 g/mol. The summed E-state index contributed by atoms with van der Waals surface area (Å²) >= 11 is 0. The van der Waals surface area contributed by atoms with Crippen LogP contribution in [0.1, 0.15) is 0 Å². The number of hydrogen-bond acceptors (Lipinski definition) is 2. The van der Waals surface area contributed by atoms with E-state index in [9.17, 15) is 8.60 Å². The molecule has 3 nitrogen and oxygen atoms in total. The van der Waals surface area contributed by atoms with Gasteiger partial charge < -0.3 is 4.98 Å². The second-order valence-corrected chi connectivity index (χ2v) is 5.89. The van der Waals surface area contributed by atoms with E-state index in [0.717, 1.165) is 11.3 Å². The number of nitrogens with zero attached hydrogens (tertiary/aromatic N) is 1. The SMILES string of the molecule is C[S@@](=O)c1nc(-c2cccc(F)c2)c(-c2ccccc2)[nH]1. The zero-order valence-corrected chi connectivity index (χ0v) is 12.2. The van der Waals surface area contributed by atoms with E-state index in [0.29, 0.717) is 16.4 Å². The molecule has 0 unspecified atom stereocenters. The van der Waals surface area contributed by atoms with Gasteiger partial charge in [0, 0.05) is 17.4 Å². The monoisotopic (exact) mass is 300 g/mol. The van der Waals surface area contributed by atoms with Crippen molar-refractivity contribution in [2.45, 2.75) is 5.16 Å². The van der Waals surface area contributed by atoms with Crippen molar-refractivity contribution in [3.8, 4) is 22.5 Å². The predicted octanol–water partition coefficient (Wildman–Crippen LogP) is 3.62. The maximum absolute atomic E-state index is 13.5. The summed E-state index contributed by atoms with van der Waals surface area (Å²) in [5, 5.41) is 0.383. The Morgan fingerprint density at radius 3 is 2.43 bits per heavy atom. The van der Waals surface area contributed by atoms with Crippen LogP contribution in [0.25, 0.3) is 22.5 Å². The highest BCUT2D eigenvalue weighted by Gasteiger charge is 2.16. The molecule has 1 aromatic heterocycles. The highest BCUT2D eigenvalue weighted by Crippen LogP contribution is 2.30. The Morgan fingerprint density at radius 2 is 1.76 bits per heavy atom. The van der Waals surface area contributed by atoms with Crippen molar-refractivity contribution in [2.75, 3.05) is 6.26 Å². The van der Waals surface area contributed by atoms with Gasteiger partial charge in [-0.3, -0.25) is 4.21 Å². The maximum atomic E-state index is 13.5. The number of aromatic amines is 1. The summed E-state index contributed by atoms with van der Waals surface area (Å²) in [6.45, 7) is 0. The van der Waals surface area contributed by atoms with Gasteiger partial charge in [0.05, 0.1) is 22.2 Å². The molecule has 2 aromatic carbocycles. The molecule has 0 fully saturated rings. The zero-order chi connectivity index (χ0) is 14.8. The number of H-pyrrole nitrogens is 1. The van der Waals surface area contributed by atoms with Gasteiger partial charge in [-0.2, -0.15) is 0 Å². The highest BCUT2D eigenvalue weighted by molar-refractivity contribution is 7.84. The van der Waals surface area contributed by atoms with E-state index in [1.165, 1.54) is 12.1 Å². The Labute approximate surface area is 124 Å². The molecule has 1 atom stereocenters. The van der Waals surface area contributed by atoms with Crippen LogP contribution in [0.3, 0.4) is 0 Å². The van der Waals surface area contributed by atoms with Crippen molar-refractivity contribution in [3.05, 3.63) is 60.4 Å². The maximum Gasteiger partial charge on any atom is 0.197 e. The van der Waals surface area contributed by atoms with E-state index < -0.39 is 10.8 Å². The van der Waals surface area contributed by atoms with Crippen LogP contribution in [0.2, 0.25) is 0 Å². The second-order valence-electron chi connectivity index (χ2n) is 4.60. The van der Waals surface area contributed by atoms with Crippen LogP contribution in [0, 0.1) is 5.82 Å². The van der Waals surface area contributed by atoms with Crippen LogP contribution in [0.15, 0.2) is 59.8 Å². The number of benzene rings is 2. The van der Waals surface area contributed by atoms with Crippen LogP contribution >= 0.6 is 0 Å². The van der Waals surface area contributed by atoms with Crippen LogP contribution < -0.4 is 0 Å². The van der Waals surface area contributed by atoms with Crippen molar-refractivity contribution in [1.29, 1.82) is 0 Å². The number of nitrogens with one attached hydrogen (secondary N) is 1. The minimum atomic E-state index is -1.23. The van der Waals surface area contributed by atoms with Crippen LogP contribution in [-0.2, 0) is 10.8 Å². The van der Waals surface area contributed by atoms with Gasteiger partial charge in [-0.25, -0.2) is 9.37 Å². The number of hydrogen-bond donors (Lipinski definition) is 1. The molecule has 106 valence electrons. The van der Waals surface area contributed by atoms with Gasteiger partial charge in [-0.1, -0.05) is 42.5 Å². The molecule has 0 bridgehead atoms. The van der Waals surface area contributed by atoms with Gasteiger partial charge in [-0.15, -0.1) is 0 Å². The summed E-state index contributed by atoms with van der Waals surface area (Å²) in [6.07, 6.45) is 1.56. The number of rotatable bonds is 3. The van der Waals surface area contributed by atoms with E-state index in [1.807, 2.05) is 30.3 Å². The topological polar surface area (TPSA) is 45.8 Å². The first-order valence-electron chi connectivity index (χ1n) is 6.40. The summed E-state index contributed by atoms with van der Waals surface area (Å²) in [5.41, 5.74) is 2.92. The largest absolute Gasteiger partial charge is 0.330 e. The Hall–Kier alpha value is -2.27. The molecule has 5 heteroatoms. The third kappa shape index (κ3) is 2.78. The molecule has 1 N–H and O–H groups in total. The van der Waals surface area contributed by atoms with Crippen molar-refractivity contribution in [2.24, 2.45) is 0 Å². The average Bonchev–Trinajstić information content (AvgIpc) is 2.93. The predicted molar refractivity (Wildman–Crippen MR) is 81.8 cm³/mol. The molecule has 3 aromatic rings. The molecule has 0 aliphatic rings. The number of imidazole rings is 1. The number of halogens is 1. The lowest BCUT2D eigenvalue weighted by molar-refractivity contribution is 0.628. The van der Waals surface area contributed by atoms with E-state index in [-0.39, 0.29) is 5.82 Å². The Kier molecular flexibility index (Phi) is 3.66. The molecule has 0 saturated heterocycles. The summed E-state index contributed by atoms with van der Waals surface area (Å²) in [4.78, 5) is 7.46. The van der Waals surface area contributed by atoms with Gasteiger partial charge in [-0.05, 0) is 12.1 Å². The van der Waals surface area contributed by atoms with E-state index in [2.05, 4.69) is 9.97 Å². The summed E-state index contributed by atoms with van der Waals surface area (Å²) in [6, 6.07) is 15.8. The average molecular weight is 300 g/mol. The van der Waals surface area contributed by atoms with Gasteiger partial charge in [0.25, 0.3) is 0 Å². The molecule has 0 amide bonds. The first-order valence-corrected chi connectivity index (χ1v) is 7.96. The smallest absolute Gasteiger partial charge is 0.197 e. The van der Waals surface area contributed by atoms with Crippen LogP contribution in [0.4, 0.5) is 4.39 Å².